The molecule has 1 fully saturated rings. The summed E-state index contributed by atoms with van der Waals surface area (Å²) in [6.07, 6.45) is 5.28. The number of aliphatic hydroxyl groups is 1. The number of hydrogen-bond donors (Lipinski definition) is 2. The molecule has 0 radical (unpaired) electrons. The van der Waals surface area contributed by atoms with E-state index in [2.05, 4.69) is 56.8 Å². The lowest BCUT2D eigenvalue weighted by atomic mass is 10.1. The summed E-state index contributed by atoms with van der Waals surface area (Å²) in [6, 6.07) is 2.17. The highest BCUT2D eigenvalue weighted by atomic mass is 28.4. The zero-order chi connectivity index (χ0) is 18.6. The monoisotopic (exact) mass is 365 g/mol. The molecule has 25 heavy (non-hydrogen) atoms. The fourth-order valence-corrected chi connectivity index (χ4v) is 10.4. The first-order chi connectivity index (χ1) is 11.8. The van der Waals surface area contributed by atoms with Gasteiger partial charge in [0.15, 0.2) is 0 Å². The highest BCUT2D eigenvalue weighted by Crippen LogP contribution is 2.45. The third kappa shape index (κ3) is 4.41. The molecule has 1 saturated carbocycles. The van der Waals surface area contributed by atoms with Crippen molar-refractivity contribution in [3.05, 3.63) is 18.6 Å². The molecule has 1 aromatic heterocycles. The SMILES string of the molecule is CC(C)[Si](O[C@H]1C[C@H](Nc2ccncn2)C[C@@H]1CO)(C(C)C)C(C)C. The summed E-state index contributed by atoms with van der Waals surface area (Å²) >= 11 is 0. The predicted molar refractivity (Wildman–Crippen MR) is 105 cm³/mol. The second-order valence-electron chi connectivity index (χ2n) is 8.32. The normalized spacial score (nSPS) is 24.5. The molecule has 6 heteroatoms. The van der Waals surface area contributed by atoms with Crippen LogP contribution in [0.3, 0.4) is 0 Å². The molecule has 0 saturated heterocycles. The van der Waals surface area contributed by atoms with Gasteiger partial charge in [-0.2, -0.15) is 0 Å². The molecular formula is C19H35N3O2Si. The van der Waals surface area contributed by atoms with Crippen molar-refractivity contribution < 1.29 is 9.53 Å². The van der Waals surface area contributed by atoms with Crippen LogP contribution < -0.4 is 5.32 Å². The van der Waals surface area contributed by atoms with Gasteiger partial charge >= 0.3 is 0 Å². The van der Waals surface area contributed by atoms with E-state index >= 15 is 0 Å². The maximum atomic E-state index is 9.91. The average Bonchev–Trinajstić information content (AvgIpc) is 2.93. The summed E-state index contributed by atoms with van der Waals surface area (Å²) < 4.78 is 6.96. The van der Waals surface area contributed by atoms with E-state index in [0.717, 1.165) is 18.7 Å². The van der Waals surface area contributed by atoms with E-state index in [1.165, 1.54) is 0 Å². The van der Waals surface area contributed by atoms with E-state index in [-0.39, 0.29) is 24.7 Å². The van der Waals surface area contributed by atoms with Crippen molar-refractivity contribution in [1.29, 1.82) is 0 Å². The van der Waals surface area contributed by atoms with Crippen LogP contribution in [0.25, 0.3) is 0 Å². The first-order valence-corrected chi connectivity index (χ1v) is 11.8. The molecule has 5 nitrogen and oxygen atoms in total. The van der Waals surface area contributed by atoms with Crippen LogP contribution in [0, 0.1) is 5.92 Å². The minimum Gasteiger partial charge on any atom is -0.413 e. The van der Waals surface area contributed by atoms with Gasteiger partial charge in [-0.3, -0.25) is 0 Å². The number of rotatable bonds is 8. The van der Waals surface area contributed by atoms with Crippen LogP contribution in [0.4, 0.5) is 5.82 Å². The van der Waals surface area contributed by atoms with Crippen molar-refractivity contribution in [3.8, 4) is 0 Å². The lowest BCUT2D eigenvalue weighted by Crippen LogP contribution is -2.51. The molecular weight excluding hydrogens is 330 g/mol. The van der Waals surface area contributed by atoms with Gasteiger partial charge in [-0.15, -0.1) is 0 Å². The number of aromatic nitrogens is 2. The second-order valence-corrected chi connectivity index (χ2v) is 13.7. The van der Waals surface area contributed by atoms with Crippen LogP contribution in [0.15, 0.2) is 18.6 Å². The van der Waals surface area contributed by atoms with Crippen molar-refractivity contribution in [2.24, 2.45) is 5.92 Å². The maximum absolute atomic E-state index is 9.91. The smallest absolute Gasteiger partial charge is 0.200 e. The first-order valence-electron chi connectivity index (χ1n) is 9.62. The fraction of sp³-hybridized carbons (Fsp3) is 0.789. The van der Waals surface area contributed by atoms with E-state index in [4.69, 9.17) is 4.43 Å². The molecule has 0 unspecified atom stereocenters. The van der Waals surface area contributed by atoms with Crippen LogP contribution in [-0.4, -0.2) is 42.1 Å². The van der Waals surface area contributed by atoms with Crippen molar-refractivity contribution in [3.63, 3.8) is 0 Å². The van der Waals surface area contributed by atoms with Gasteiger partial charge in [0, 0.05) is 24.8 Å². The van der Waals surface area contributed by atoms with Gasteiger partial charge in [-0.1, -0.05) is 41.5 Å². The lowest BCUT2D eigenvalue weighted by molar-refractivity contribution is 0.0941. The molecule has 0 aromatic carbocycles. The summed E-state index contributed by atoms with van der Waals surface area (Å²) in [5.41, 5.74) is 1.67. The Balaban J connectivity index is 2.14. The van der Waals surface area contributed by atoms with Gasteiger partial charge in [0.25, 0.3) is 0 Å². The topological polar surface area (TPSA) is 67.3 Å². The Morgan fingerprint density at radius 2 is 1.80 bits per heavy atom. The van der Waals surface area contributed by atoms with Gasteiger partial charge in [0.1, 0.15) is 12.1 Å². The zero-order valence-electron chi connectivity index (χ0n) is 16.6. The number of hydrogen-bond acceptors (Lipinski definition) is 5. The van der Waals surface area contributed by atoms with E-state index < -0.39 is 8.32 Å². The van der Waals surface area contributed by atoms with Crippen molar-refractivity contribution in [2.45, 2.75) is 83.2 Å². The molecule has 2 rings (SSSR count). The Hall–Kier alpha value is -0.983. The zero-order valence-corrected chi connectivity index (χ0v) is 17.6. The third-order valence-corrected chi connectivity index (χ3v) is 12.0. The molecule has 1 aliphatic rings. The molecule has 0 bridgehead atoms. The summed E-state index contributed by atoms with van der Waals surface area (Å²) in [4.78, 5) is 8.22. The van der Waals surface area contributed by atoms with Crippen LogP contribution in [-0.2, 0) is 4.43 Å². The van der Waals surface area contributed by atoms with Crippen LogP contribution >= 0.6 is 0 Å². The first kappa shape index (κ1) is 20.3. The number of anilines is 1. The third-order valence-electron chi connectivity index (χ3n) is 5.86. The van der Waals surface area contributed by atoms with E-state index in [9.17, 15) is 5.11 Å². The molecule has 2 N–H and O–H groups in total. The quantitative estimate of drug-likeness (QED) is 0.675. The standard InChI is InChI=1S/C19H35N3O2Si/c1-13(2)25(14(3)4,15(5)6)24-18-10-17(9-16(18)11-23)22-19-7-8-20-12-21-19/h7-8,12-18,23H,9-11H2,1-6H3,(H,20,21,22)/t16-,17-,18+/m1/s1. The van der Waals surface area contributed by atoms with E-state index in [1.54, 1.807) is 12.5 Å². The van der Waals surface area contributed by atoms with Crippen LogP contribution in [0.1, 0.15) is 54.4 Å². The largest absolute Gasteiger partial charge is 0.413 e. The Morgan fingerprint density at radius 1 is 1.16 bits per heavy atom. The maximum Gasteiger partial charge on any atom is 0.200 e. The van der Waals surface area contributed by atoms with Gasteiger partial charge in [0.2, 0.25) is 8.32 Å². The highest BCUT2D eigenvalue weighted by molar-refractivity contribution is 6.77. The Morgan fingerprint density at radius 3 is 2.28 bits per heavy atom. The summed E-state index contributed by atoms with van der Waals surface area (Å²) in [5, 5.41) is 13.4. The highest BCUT2D eigenvalue weighted by Gasteiger charge is 2.49. The Bertz CT molecular complexity index is 503. The van der Waals surface area contributed by atoms with Gasteiger partial charge in [-0.25, -0.2) is 9.97 Å². The lowest BCUT2D eigenvalue weighted by Gasteiger charge is -2.45. The van der Waals surface area contributed by atoms with Gasteiger partial charge in [-0.05, 0) is 35.5 Å². The van der Waals surface area contributed by atoms with E-state index in [0.29, 0.717) is 16.6 Å². The van der Waals surface area contributed by atoms with Crippen molar-refractivity contribution >= 4 is 14.1 Å². The summed E-state index contributed by atoms with van der Waals surface area (Å²) in [6.45, 7) is 14.1. The Labute approximate surface area is 153 Å². The molecule has 1 aromatic rings. The minimum absolute atomic E-state index is 0.128. The van der Waals surface area contributed by atoms with E-state index in [1.807, 2.05) is 6.07 Å². The number of nitrogens with zero attached hydrogens (tertiary/aromatic N) is 2. The number of aliphatic hydroxyl groups excluding tert-OH is 1. The Kier molecular flexibility index (Phi) is 6.99. The van der Waals surface area contributed by atoms with Crippen LogP contribution in [0.5, 0.6) is 0 Å². The van der Waals surface area contributed by atoms with Crippen LogP contribution in [0.2, 0.25) is 16.6 Å². The fourth-order valence-electron chi connectivity index (χ4n) is 4.80. The van der Waals surface area contributed by atoms with Gasteiger partial charge in [0.05, 0.1) is 6.10 Å². The minimum atomic E-state index is -1.94. The average molecular weight is 366 g/mol. The number of nitrogens with one attached hydrogen (secondary N) is 1. The molecule has 3 atom stereocenters. The summed E-state index contributed by atoms with van der Waals surface area (Å²) in [5.74, 6) is 1.04. The molecule has 1 heterocycles. The van der Waals surface area contributed by atoms with Crippen molar-refractivity contribution in [2.75, 3.05) is 11.9 Å². The molecule has 0 aliphatic heterocycles. The summed E-state index contributed by atoms with van der Waals surface area (Å²) in [7, 11) is -1.94. The van der Waals surface area contributed by atoms with Crippen molar-refractivity contribution in [1.82, 2.24) is 9.97 Å². The molecule has 1 aliphatic carbocycles. The van der Waals surface area contributed by atoms with Gasteiger partial charge < -0.3 is 14.8 Å². The molecule has 0 spiro atoms. The molecule has 142 valence electrons. The predicted octanol–water partition coefficient (Wildman–Crippen LogP) is 4.22. The molecule has 0 amide bonds. The second kappa shape index (κ2) is 8.60.